The molecule has 1 aromatic rings. The zero-order chi connectivity index (χ0) is 7.56. The summed E-state index contributed by atoms with van der Waals surface area (Å²) in [6.45, 7) is 3.63. The van der Waals surface area contributed by atoms with Gasteiger partial charge in [-0.3, -0.25) is 0 Å². The smallest absolute Gasteiger partial charge is 0.0423 e. The minimum absolute atomic E-state index is 0.726. The first kappa shape index (κ1) is 7.83. The summed E-state index contributed by atoms with van der Waals surface area (Å²) in [5.41, 5.74) is 1.03. The van der Waals surface area contributed by atoms with Crippen molar-refractivity contribution in [1.29, 1.82) is 0 Å². The second-order valence-corrected chi connectivity index (χ2v) is 3.26. The van der Waals surface area contributed by atoms with Gasteiger partial charge in [0.15, 0.2) is 0 Å². The molecule has 1 rings (SSSR count). The Kier molecular flexibility index (Phi) is 2.52. The van der Waals surface area contributed by atoms with E-state index in [1.807, 2.05) is 18.2 Å². The summed E-state index contributed by atoms with van der Waals surface area (Å²) in [5.74, 6) is 0. The predicted molar refractivity (Wildman–Crippen MR) is 49.2 cm³/mol. The van der Waals surface area contributed by atoms with E-state index in [1.165, 1.54) is 0 Å². The molecule has 52 valence electrons. The van der Waals surface area contributed by atoms with Gasteiger partial charge in [0, 0.05) is 9.50 Å². The van der Waals surface area contributed by atoms with E-state index in [-0.39, 0.29) is 0 Å². The molecule has 0 heterocycles. The van der Waals surface area contributed by atoms with Gasteiger partial charge >= 0.3 is 0 Å². The first-order valence-electron chi connectivity index (χ1n) is 2.81. The van der Waals surface area contributed by atoms with Gasteiger partial charge < -0.3 is 0 Å². The van der Waals surface area contributed by atoms with Crippen molar-refractivity contribution < 1.29 is 0 Å². The topological polar surface area (TPSA) is 0 Å². The lowest BCUT2D eigenvalue weighted by atomic mass is 10.2. The molecule has 0 spiro atoms. The Bertz CT molecular complexity index is 235. The molecule has 0 aromatic heterocycles. The van der Waals surface area contributed by atoms with Gasteiger partial charge in [0.2, 0.25) is 0 Å². The van der Waals surface area contributed by atoms with Crippen molar-refractivity contribution >= 4 is 33.6 Å². The van der Waals surface area contributed by atoms with Crippen LogP contribution in [0.4, 0.5) is 0 Å². The normalized spacial score (nSPS) is 9.40. The Morgan fingerprint density at radius 1 is 1.40 bits per heavy atom. The maximum atomic E-state index is 5.75. The second-order valence-electron chi connectivity index (χ2n) is 1.91. The zero-order valence-electron chi connectivity index (χ0n) is 5.27. The Morgan fingerprint density at radius 2 is 2.10 bits per heavy atom. The summed E-state index contributed by atoms with van der Waals surface area (Å²) in [7, 11) is 0. The maximum absolute atomic E-state index is 5.75. The van der Waals surface area contributed by atoms with Crippen molar-refractivity contribution in [2.24, 2.45) is 0 Å². The lowest BCUT2D eigenvalue weighted by Gasteiger charge is -1.95. The van der Waals surface area contributed by atoms with Gasteiger partial charge in [0.05, 0.1) is 0 Å². The van der Waals surface area contributed by atoms with Gasteiger partial charge in [-0.15, -0.1) is 0 Å². The van der Waals surface area contributed by atoms with E-state index in [1.54, 1.807) is 6.08 Å². The highest BCUT2D eigenvalue weighted by molar-refractivity contribution is 9.10. The first-order chi connectivity index (χ1) is 4.72. The molecule has 0 amide bonds. The van der Waals surface area contributed by atoms with Gasteiger partial charge in [-0.1, -0.05) is 40.2 Å². The Hall–Kier alpha value is -0.270. The molecule has 10 heavy (non-hydrogen) atoms. The zero-order valence-corrected chi connectivity index (χ0v) is 7.61. The average molecular weight is 217 g/mol. The summed E-state index contributed by atoms with van der Waals surface area (Å²) < 4.78 is 0.981. The third-order valence-corrected chi connectivity index (χ3v) is 1.80. The first-order valence-corrected chi connectivity index (χ1v) is 3.98. The molecule has 0 saturated carbocycles. The van der Waals surface area contributed by atoms with Crippen LogP contribution >= 0.6 is 27.5 Å². The molecular formula is C8H6BrCl. The molecule has 1 aromatic carbocycles. The monoisotopic (exact) mass is 216 g/mol. The van der Waals surface area contributed by atoms with Crippen molar-refractivity contribution in [3.8, 4) is 0 Å². The van der Waals surface area contributed by atoms with Crippen LogP contribution in [0.3, 0.4) is 0 Å². The van der Waals surface area contributed by atoms with E-state index in [2.05, 4.69) is 22.5 Å². The standard InChI is InChI=1S/C8H6BrCl/c1-2-6-3-7(9)5-8(10)4-6/h2-5H,1H2. The molecule has 0 fully saturated rings. The van der Waals surface area contributed by atoms with Crippen LogP contribution in [0.1, 0.15) is 5.56 Å². The summed E-state index contributed by atoms with van der Waals surface area (Å²) in [6.07, 6.45) is 1.76. The minimum Gasteiger partial charge on any atom is -0.0985 e. The van der Waals surface area contributed by atoms with Crippen molar-refractivity contribution in [2.75, 3.05) is 0 Å². The largest absolute Gasteiger partial charge is 0.0985 e. The lowest BCUT2D eigenvalue weighted by molar-refractivity contribution is 1.61. The summed E-state index contributed by atoms with van der Waals surface area (Å²) in [6, 6.07) is 5.66. The Morgan fingerprint density at radius 3 is 2.60 bits per heavy atom. The molecule has 0 aliphatic rings. The summed E-state index contributed by atoms with van der Waals surface area (Å²) >= 11 is 9.07. The van der Waals surface area contributed by atoms with Crippen molar-refractivity contribution in [1.82, 2.24) is 0 Å². The molecule has 0 atom stereocenters. The molecule has 0 radical (unpaired) electrons. The van der Waals surface area contributed by atoms with Crippen LogP contribution in [-0.2, 0) is 0 Å². The lowest BCUT2D eigenvalue weighted by Crippen LogP contribution is -1.71. The van der Waals surface area contributed by atoms with E-state index < -0.39 is 0 Å². The van der Waals surface area contributed by atoms with Crippen molar-refractivity contribution in [3.05, 3.63) is 39.8 Å². The van der Waals surface area contributed by atoms with Gasteiger partial charge in [0.1, 0.15) is 0 Å². The third-order valence-electron chi connectivity index (χ3n) is 1.12. The average Bonchev–Trinajstić information content (AvgIpc) is 1.85. The molecule has 0 N–H and O–H groups in total. The number of benzene rings is 1. The van der Waals surface area contributed by atoms with Gasteiger partial charge in [-0.25, -0.2) is 0 Å². The van der Waals surface area contributed by atoms with Crippen LogP contribution in [0, 0.1) is 0 Å². The van der Waals surface area contributed by atoms with E-state index >= 15 is 0 Å². The van der Waals surface area contributed by atoms with Crippen LogP contribution in [0.2, 0.25) is 5.02 Å². The molecule has 0 unspecified atom stereocenters. The van der Waals surface area contributed by atoms with E-state index in [0.717, 1.165) is 15.1 Å². The minimum atomic E-state index is 0.726. The maximum Gasteiger partial charge on any atom is 0.0423 e. The van der Waals surface area contributed by atoms with E-state index in [4.69, 9.17) is 11.6 Å². The fraction of sp³-hybridized carbons (Fsp3) is 0. The SMILES string of the molecule is C=Cc1cc(Cl)cc(Br)c1. The highest BCUT2D eigenvalue weighted by Crippen LogP contribution is 2.19. The number of rotatable bonds is 1. The number of hydrogen-bond acceptors (Lipinski definition) is 0. The van der Waals surface area contributed by atoms with E-state index in [9.17, 15) is 0 Å². The highest BCUT2D eigenvalue weighted by atomic mass is 79.9. The molecule has 0 aliphatic carbocycles. The fourth-order valence-electron chi connectivity index (χ4n) is 0.693. The van der Waals surface area contributed by atoms with Crippen molar-refractivity contribution in [2.45, 2.75) is 0 Å². The van der Waals surface area contributed by atoms with Crippen LogP contribution in [-0.4, -0.2) is 0 Å². The molecule has 2 heteroatoms. The van der Waals surface area contributed by atoms with Gasteiger partial charge in [-0.2, -0.15) is 0 Å². The second kappa shape index (κ2) is 3.22. The van der Waals surface area contributed by atoms with E-state index in [0.29, 0.717) is 0 Å². The molecular weight excluding hydrogens is 211 g/mol. The summed E-state index contributed by atoms with van der Waals surface area (Å²) in [4.78, 5) is 0. The molecule has 0 nitrogen and oxygen atoms in total. The van der Waals surface area contributed by atoms with Crippen LogP contribution < -0.4 is 0 Å². The van der Waals surface area contributed by atoms with Gasteiger partial charge in [0.25, 0.3) is 0 Å². The predicted octanol–water partition coefficient (Wildman–Crippen LogP) is 3.75. The summed E-state index contributed by atoms with van der Waals surface area (Å²) in [5, 5.41) is 0.726. The molecule has 0 saturated heterocycles. The highest BCUT2D eigenvalue weighted by Gasteiger charge is 1.92. The van der Waals surface area contributed by atoms with Crippen LogP contribution in [0.15, 0.2) is 29.3 Å². The quantitative estimate of drug-likeness (QED) is 0.672. The van der Waals surface area contributed by atoms with Gasteiger partial charge in [-0.05, 0) is 23.8 Å². The number of hydrogen-bond donors (Lipinski definition) is 0. The fourth-order valence-corrected chi connectivity index (χ4v) is 1.58. The van der Waals surface area contributed by atoms with Crippen molar-refractivity contribution in [3.63, 3.8) is 0 Å². The molecule has 0 bridgehead atoms. The molecule has 0 aliphatic heterocycles. The Balaban J connectivity index is 3.18. The van der Waals surface area contributed by atoms with Crippen LogP contribution in [0.5, 0.6) is 0 Å². The van der Waals surface area contributed by atoms with Crippen LogP contribution in [0.25, 0.3) is 6.08 Å². The Labute approximate surface area is 73.6 Å². The third kappa shape index (κ3) is 1.86. The number of halogens is 2.